The number of nitrogen functional groups attached to an aromatic ring is 1. The van der Waals surface area contributed by atoms with Gasteiger partial charge in [-0.05, 0) is 38.7 Å². The summed E-state index contributed by atoms with van der Waals surface area (Å²) in [4.78, 5) is 15.8. The smallest absolute Gasteiger partial charge is 0.340 e. The molecule has 0 aliphatic heterocycles. The number of hydrogen-bond acceptors (Lipinski definition) is 5. The maximum atomic E-state index is 11.7. The van der Waals surface area contributed by atoms with E-state index in [1.165, 1.54) is 25.5 Å². The summed E-state index contributed by atoms with van der Waals surface area (Å²) in [5.41, 5.74) is 6.54. The maximum absolute atomic E-state index is 11.7. The van der Waals surface area contributed by atoms with Gasteiger partial charge in [0.1, 0.15) is 11.8 Å². The van der Waals surface area contributed by atoms with Crippen LogP contribution in [0.1, 0.15) is 49.4 Å². The van der Waals surface area contributed by atoms with Gasteiger partial charge in [-0.3, -0.25) is 0 Å². The topological polar surface area (TPSA) is 74.4 Å². The molecule has 19 heavy (non-hydrogen) atoms. The third-order valence-electron chi connectivity index (χ3n) is 3.28. The van der Waals surface area contributed by atoms with E-state index in [0.717, 1.165) is 12.8 Å². The number of carbonyl (C=O) groups is 1. The van der Waals surface area contributed by atoms with Crippen LogP contribution in [0.25, 0.3) is 0 Å². The van der Waals surface area contributed by atoms with Crippen LogP contribution >= 0.6 is 0 Å². The van der Waals surface area contributed by atoms with Gasteiger partial charge in [-0.15, -0.1) is 0 Å². The molecule has 0 radical (unpaired) electrons. The van der Waals surface area contributed by atoms with Crippen molar-refractivity contribution >= 4 is 11.7 Å². The van der Waals surface area contributed by atoms with Gasteiger partial charge in [-0.2, -0.15) is 0 Å². The highest BCUT2D eigenvalue weighted by Crippen LogP contribution is 2.28. The lowest BCUT2D eigenvalue weighted by Crippen LogP contribution is -2.21. The minimum absolute atomic E-state index is 0.154. The minimum atomic E-state index is -0.434. The van der Waals surface area contributed by atoms with E-state index in [-0.39, 0.29) is 11.8 Å². The Morgan fingerprint density at radius 3 is 2.84 bits per heavy atom. The molecule has 0 amide bonds. The number of ether oxygens (including phenoxy) is 2. The fourth-order valence-electron chi connectivity index (χ4n) is 2.28. The van der Waals surface area contributed by atoms with Crippen molar-refractivity contribution < 1.29 is 14.3 Å². The number of nitrogens with zero attached hydrogens (tertiary/aromatic N) is 1. The molecule has 1 saturated carbocycles. The van der Waals surface area contributed by atoms with E-state index in [2.05, 4.69) is 4.98 Å². The van der Waals surface area contributed by atoms with Crippen LogP contribution in [0.2, 0.25) is 0 Å². The molecule has 1 aromatic heterocycles. The van der Waals surface area contributed by atoms with Crippen LogP contribution < -0.4 is 10.5 Å². The van der Waals surface area contributed by atoms with Gasteiger partial charge in [-0.25, -0.2) is 9.78 Å². The first kappa shape index (κ1) is 13.6. The van der Waals surface area contributed by atoms with Crippen molar-refractivity contribution in [3.05, 3.63) is 17.8 Å². The molecule has 0 spiro atoms. The zero-order valence-corrected chi connectivity index (χ0v) is 11.2. The number of esters is 1. The lowest BCUT2D eigenvalue weighted by Gasteiger charge is -2.23. The monoisotopic (exact) mass is 264 g/mol. The summed E-state index contributed by atoms with van der Waals surface area (Å²) in [7, 11) is 0. The highest BCUT2D eigenvalue weighted by Gasteiger charge is 2.20. The van der Waals surface area contributed by atoms with Crippen LogP contribution in [0.5, 0.6) is 5.88 Å². The Hall–Kier alpha value is -1.78. The van der Waals surface area contributed by atoms with Crippen molar-refractivity contribution in [1.82, 2.24) is 4.98 Å². The van der Waals surface area contributed by atoms with Gasteiger partial charge in [-0.1, -0.05) is 6.42 Å². The Labute approximate surface area is 113 Å². The molecular formula is C14H20N2O3. The number of hydrogen-bond donors (Lipinski definition) is 1. The summed E-state index contributed by atoms with van der Waals surface area (Å²) in [6.07, 6.45) is 7.31. The van der Waals surface area contributed by atoms with E-state index in [0.29, 0.717) is 18.1 Å². The second kappa shape index (κ2) is 6.41. The summed E-state index contributed by atoms with van der Waals surface area (Å²) in [5, 5.41) is 0. The van der Waals surface area contributed by atoms with Gasteiger partial charge in [0, 0.05) is 6.20 Å². The van der Waals surface area contributed by atoms with Crippen LogP contribution in [0.4, 0.5) is 5.69 Å². The summed E-state index contributed by atoms with van der Waals surface area (Å²) in [6, 6.07) is 1.56. The average molecular weight is 264 g/mol. The molecule has 2 rings (SSSR count). The third-order valence-corrected chi connectivity index (χ3v) is 3.28. The first-order chi connectivity index (χ1) is 9.22. The first-order valence-electron chi connectivity index (χ1n) is 6.80. The van der Waals surface area contributed by atoms with Gasteiger partial charge < -0.3 is 15.2 Å². The van der Waals surface area contributed by atoms with E-state index in [1.54, 1.807) is 13.0 Å². The molecule has 1 aromatic rings. The molecule has 0 aromatic carbocycles. The predicted molar refractivity (Wildman–Crippen MR) is 72.1 cm³/mol. The average Bonchev–Trinajstić information content (AvgIpc) is 2.42. The van der Waals surface area contributed by atoms with Crippen molar-refractivity contribution in [2.24, 2.45) is 0 Å². The molecule has 1 aliphatic rings. The number of aromatic nitrogens is 1. The highest BCUT2D eigenvalue weighted by molar-refractivity contribution is 5.96. The number of carbonyl (C=O) groups excluding carboxylic acids is 1. The van der Waals surface area contributed by atoms with Crippen molar-refractivity contribution in [2.75, 3.05) is 12.3 Å². The van der Waals surface area contributed by atoms with E-state index >= 15 is 0 Å². The molecule has 1 heterocycles. The number of pyridine rings is 1. The standard InChI is InChI=1S/C14H20N2O3/c1-2-18-14(17)11-8-9-16-13(12(11)15)19-10-6-4-3-5-7-10/h8-10H,2-7,15H2,1H3. The minimum Gasteiger partial charge on any atom is -0.473 e. The summed E-state index contributed by atoms with van der Waals surface area (Å²) in [6.45, 7) is 2.08. The SMILES string of the molecule is CCOC(=O)c1ccnc(OC2CCCCC2)c1N. The number of anilines is 1. The van der Waals surface area contributed by atoms with Crippen LogP contribution in [0.3, 0.4) is 0 Å². The largest absolute Gasteiger partial charge is 0.473 e. The summed E-state index contributed by atoms with van der Waals surface area (Å²) < 4.78 is 10.8. The normalized spacial score (nSPS) is 16.1. The van der Waals surface area contributed by atoms with E-state index < -0.39 is 5.97 Å². The van der Waals surface area contributed by atoms with Crippen molar-refractivity contribution in [3.63, 3.8) is 0 Å². The molecule has 1 fully saturated rings. The molecule has 0 bridgehead atoms. The van der Waals surface area contributed by atoms with Crippen molar-refractivity contribution in [2.45, 2.75) is 45.1 Å². The number of nitrogens with two attached hydrogens (primary N) is 1. The lowest BCUT2D eigenvalue weighted by atomic mass is 9.98. The molecule has 5 nitrogen and oxygen atoms in total. The molecule has 0 atom stereocenters. The zero-order valence-electron chi connectivity index (χ0n) is 11.2. The van der Waals surface area contributed by atoms with Crippen LogP contribution in [0.15, 0.2) is 12.3 Å². The van der Waals surface area contributed by atoms with Gasteiger partial charge in [0.2, 0.25) is 5.88 Å². The van der Waals surface area contributed by atoms with Gasteiger partial charge >= 0.3 is 5.97 Å². The third kappa shape index (κ3) is 3.36. The lowest BCUT2D eigenvalue weighted by molar-refractivity contribution is 0.0526. The summed E-state index contributed by atoms with van der Waals surface area (Å²) in [5.74, 6) is -0.0895. The molecule has 1 aliphatic carbocycles. The Bertz CT molecular complexity index is 442. The molecule has 104 valence electrons. The predicted octanol–water partition coefficient (Wildman–Crippen LogP) is 2.55. The van der Waals surface area contributed by atoms with E-state index in [4.69, 9.17) is 15.2 Å². The van der Waals surface area contributed by atoms with Crippen LogP contribution in [-0.2, 0) is 4.74 Å². The van der Waals surface area contributed by atoms with Gasteiger partial charge in [0.05, 0.1) is 12.2 Å². The Morgan fingerprint density at radius 2 is 2.16 bits per heavy atom. The Balaban J connectivity index is 2.12. The van der Waals surface area contributed by atoms with Crippen LogP contribution in [0, 0.1) is 0 Å². The maximum Gasteiger partial charge on any atom is 0.340 e. The fourth-order valence-corrected chi connectivity index (χ4v) is 2.28. The second-order valence-electron chi connectivity index (χ2n) is 4.68. The first-order valence-corrected chi connectivity index (χ1v) is 6.80. The van der Waals surface area contributed by atoms with E-state index in [1.807, 2.05) is 0 Å². The van der Waals surface area contributed by atoms with Crippen LogP contribution in [-0.4, -0.2) is 23.7 Å². The molecule has 5 heteroatoms. The van der Waals surface area contributed by atoms with Crippen molar-refractivity contribution in [3.8, 4) is 5.88 Å². The molecule has 0 unspecified atom stereocenters. The number of rotatable bonds is 4. The highest BCUT2D eigenvalue weighted by atomic mass is 16.5. The molecule has 0 saturated heterocycles. The molecular weight excluding hydrogens is 244 g/mol. The second-order valence-corrected chi connectivity index (χ2v) is 4.68. The fraction of sp³-hybridized carbons (Fsp3) is 0.571. The van der Waals surface area contributed by atoms with Gasteiger partial charge in [0.25, 0.3) is 0 Å². The summed E-state index contributed by atoms with van der Waals surface area (Å²) >= 11 is 0. The zero-order chi connectivity index (χ0) is 13.7. The van der Waals surface area contributed by atoms with E-state index in [9.17, 15) is 4.79 Å². The van der Waals surface area contributed by atoms with Gasteiger partial charge in [0.15, 0.2) is 0 Å². The van der Waals surface area contributed by atoms with Crippen molar-refractivity contribution in [1.29, 1.82) is 0 Å². The Kier molecular flexibility index (Phi) is 4.60. The molecule has 2 N–H and O–H groups in total. The quantitative estimate of drug-likeness (QED) is 0.846. The Morgan fingerprint density at radius 1 is 1.42 bits per heavy atom.